The van der Waals surface area contributed by atoms with Gasteiger partial charge in [-0.25, -0.2) is 4.98 Å². The molecule has 2 atom stereocenters. The van der Waals surface area contributed by atoms with E-state index in [1.54, 1.807) is 0 Å². The summed E-state index contributed by atoms with van der Waals surface area (Å²) in [6.07, 6.45) is 1.17. The van der Waals surface area contributed by atoms with Gasteiger partial charge in [-0.3, -0.25) is 4.79 Å². The van der Waals surface area contributed by atoms with Crippen molar-refractivity contribution < 1.29 is 13.9 Å². The smallest absolute Gasteiger partial charge is 0.249 e. The predicted octanol–water partition coefficient (Wildman–Crippen LogP) is 0.414. The molecule has 2 heterocycles. The zero-order chi connectivity index (χ0) is 13.1. The van der Waals surface area contributed by atoms with E-state index < -0.39 is 6.10 Å². The fourth-order valence-electron chi connectivity index (χ4n) is 1.96. The van der Waals surface area contributed by atoms with Crippen LogP contribution in [0, 0.1) is 13.8 Å². The van der Waals surface area contributed by atoms with Crippen molar-refractivity contribution in [3.8, 4) is 0 Å². The average Bonchev–Trinajstić information content (AvgIpc) is 2.94. The number of aromatic nitrogens is 1. The number of ether oxygens (including phenoxy) is 1. The van der Waals surface area contributed by atoms with Crippen LogP contribution in [0.3, 0.4) is 0 Å². The Morgan fingerprint density at radius 1 is 1.50 bits per heavy atom. The summed E-state index contributed by atoms with van der Waals surface area (Å²) in [5.74, 6) is 1.17. The largest absolute Gasteiger partial charge is 0.444 e. The van der Waals surface area contributed by atoms with Gasteiger partial charge >= 0.3 is 0 Å². The predicted molar refractivity (Wildman–Crippen MR) is 64.8 cm³/mol. The number of carbonyl (C=O) groups is 1. The maximum atomic E-state index is 11.8. The van der Waals surface area contributed by atoms with Gasteiger partial charge in [-0.2, -0.15) is 0 Å². The summed E-state index contributed by atoms with van der Waals surface area (Å²) in [5.41, 5.74) is 6.35. The summed E-state index contributed by atoms with van der Waals surface area (Å²) in [7, 11) is 0. The Kier molecular flexibility index (Phi) is 3.98. The summed E-state index contributed by atoms with van der Waals surface area (Å²) in [6.45, 7) is 4.47. The van der Waals surface area contributed by atoms with E-state index >= 15 is 0 Å². The van der Waals surface area contributed by atoms with E-state index in [1.807, 2.05) is 13.8 Å². The van der Waals surface area contributed by atoms with Crippen LogP contribution in [-0.2, 0) is 16.1 Å². The molecule has 1 fully saturated rings. The van der Waals surface area contributed by atoms with Crippen molar-refractivity contribution >= 4 is 5.91 Å². The minimum absolute atomic E-state index is 0.00646. The lowest BCUT2D eigenvalue weighted by atomic mass is 10.2. The molecular weight excluding hydrogens is 234 g/mol. The van der Waals surface area contributed by atoms with E-state index in [9.17, 15) is 4.79 Å². The van der Waals surface area contributed by atoms with Crippen LogP contribution >= 0.6 is 0 Å². The van der Waals surface area contributed by atoms with E-state index in [2.05, 4.69) is 10.3 Å². The number of aryl methyl sites for hydroxylation is 2. The molecule has 1 aromatic heterocycles. The Balaban J connectivity index is 1.82. The first-order valence-corrected chi connectivity index (χ1v) is 6.16. The molecule has 0 bridgehead atoms. The molecule has 0 saturated carbocycles. The molecule has 0 aromatic carbocycles. The molecule has 1 aliphatic heterocycles. The van der Waals surface area contributed by atoms with Crippen molar-refractivity contribution in [3.63, 3.8) is 0 Å². The van der Waals surface area contributed by atoms with E-state index in [0.29, 0.717) is 19.0 Å². The molecular formula is C12H19N3O3. The molecule has 1 amide bonds. The lowest BCUT2D eigenvalue weighted by Gasteiger charge is -2.11. The van der Waals surface area contributed by atoms with Crippen LogP contribution in [0.5, 0.6) is 0 Å². The van der Waals surface area contributed by atoms with Gasteiger partial charge in [0.15, 0.2) is 0 Å². The van der Waals surface area contributed by atoms with Crippen LogP contribution in [0.15, 0.2) is 4.42 Å². The van der Waals surface area contributed by atoms with Crippen LogP contribution in [0.25, 0.3) is 0 Å². The molecule has 2 unspecified atom stereocenters. The number of amides is 1. The highest BCUT2D eigenvalue weighted by Crippen LogP contribution is 2.19. The van der Waals surface area contributed by atoms with E-state index in [1.165, 1.54) is 0 Å². The minimum Gasteiger partial charge on any atom is -0.444 e. The Labute approximate surface area is 106 Å². The second-order valence-corrected chi connectivity index (χ2v) is 4.53. The van der Waals surface area contributed by atoms with Gasteiger partial charge in [0.2, 0.25) is 11.8 Å². The Hall–Kier alpha value is -1.40. The summed E-state index contributed by atoms with van der Waals surface area (Å²) >= 11 is 0. The fraction of sp³-hybridized carbons (Fsp3) is 0.667. The zero-order valence-electron chi connectivity index (χ0n) is 10.7. The molecule has 1 aliphatic rings. The first-order chi connectivity index (χ1) is 8.60. The summed E-state index contributed by atoms with van der Waals surface area (Å²) in [5, 5.41) is 2.77. The number of hydrogen-bond donors (Lipinski definition) is 2. The molecule has 0 spiro atoms. The molecule has 1 saturated heterocycles. The van der Waals surface area contributed by atoms with Crippen LogP contribution in [0.4, 0.5) is 0 Å². The highest BCUT2D eigenvalue weighted by Gasteiger charge is 2.29. The third kappa shape index (κ3) is 2.88. The number of carbonyl (C=O) groups excluding carboxylic acids is 1. The zero-order valence-corrected chi connectivity index (χ0v) is 10.7. The SMILES string of the molecule is Cc1nc(CNC(=O)C2CCC(CN)O2)oc1C. The van der Waals surface area contributed by atoms with Gasteiger partial charge in [-0.15, -0.1) is 0 Å². The van der Waals surface area contributed by atoms with Gasteiger partial charge in [0.25, 0.3) is 0 Å². The highest BCUT2D eigenvalue weighted by molar-refractivity contribution is 5.80. The van der Waals surface area contributed by atoms with Crippen molar-refractivity contribution in [2.45, 2.75) is 45.4 Å². The quantitative estimate of drug-likeness (QED) is 0.811. The molecule has 1 aromatic rings. The summed E-state index contributed by atoms with van der Waals surface area (Å²) in [6, 6.07) is 0. The third-order valence-electron chi connectivity index (χ3n) is 3.15. The lowest BCUT2D eigenvalue weighted by Crippen LogP contribution is -2.35. The topological polar surface area (TPSA) is 90.4 Å². The lowest BCUT2D eigenvalue weighted by molar-refractivity contribution is -0.132. The Morgan fingerprint density at radius 3 is 2.83 bits per heavy atom. The van der Waals surface area contributed by atoms with Gasteiger partial charge in [0.05, 0.1) is 18.3 Å². The summed E-state index contributed by atoms with van der Waals surface area (Å²) in [4.78, 5) is 16.0. The van der Waals surface area contributed by atoms with Gasteiger partial charge in [-0.1, -0.05) is 0 Å². The highest BCUT2D eigenvalue weighted by atomic mass is 16.5. The Morgan fingerprint density at radius 2 is 2.28 bits per heavy atom. The van der Waals surface area contributed by atoms with Crippen LogP contribution in [-0.4, -0.2) is 29.6 Å². The Bertz CT molecular complexity index is 411. The number of rotatable bonds is 4. The number of nitrogens with one attached hydrogen (secondary N) is 1. The van der Waals surface area contributed by atoms with Crippen LogP contribution in [0.1, 0.15) is 30.2 Å². The van der Waals surface area contributed by atoms with Crippen LogP contribution < -0.4 is 11.1 Å². The molecule has 0 radical (unpaired) electrons. The standard InChI is InChI=1S/C12H19N3O3/c1-7-8(2)17-11(15-7)6-14-12(16)10-4-3-9(5-13)18-10/h9-10H,3-6,13H2,1-2H3,(H,14,16). The number of oxazole rings is 1. The van der Waals surface area contributed by atoms with Gasteiger partial charge in [0, 0.05) is 6.54 Å². The molecule has 2 rings (SSSR count). The van der Waals surface area contributed by atoms with Gasteiger partial charge < -0.3 is 20.2 Å². The van der Waals surface area contributed by atoms with Gasteiger partial charge in [0.1, 0.15) is 11.9 Å². The third-order valence-corrected chi connectivity index (χ3v) is 3.15. The minimum atomic E-state index is -0.393. The first-order valence-electron chi connectivity index (χ1n) is 6.16. The van der Waals surface area contributed by atoms with E-state index in [0.717, 1.165) is 24.3 Å². The number of nitrogens with zero attached hydrogens (tertiary/aromatic N) is 1. The average molecular weight is 253 g/mol. The number of hydrogen-bond acceptors (Lipinski definition) is 5. The van der Waals surface area contributed by atoms with Crippen molar-refractivity contribution in [1.29, 1.82) is 0 Å². The normalized spacial score (nSPS) is 23.3. The molecule has 18 heavy (non-hydrogen) atoms. The maximum absolute atomic E-state index is 11.8. The van der Waals surface area contributed by atoms with Crippen molar-refractivity contribution in [1.82, 2.24) is 10.3 Å². The summed E-state index contributed by atoms with van der Waals surface area (Å²) < 4.78 is 10.9. The van der Waals surface area contributed by atoms with Crippen molar-refractivity contribution in [2.24, 2.45) is 5.73 Å². The van der Waals surface area contributed by atoms with Crippen LogP contribution in [0.2, 0.25) is 0 Å². The molecule has 0 aliphatic carbocycles. The fourth-order valence-corrected chi connectivity index (χ4v) is 1.96. The first kappa shape index (κ1) is 13.0. The molecule has 6 heteroatoms. The van der Waals surface area contributed by atoms with Crippen molar-refractivity contribution in [2.75, 3.05) is 6.54 Å². The second kappa shape index (κ2) is 5.49. The molecule has 3 N–H and O–H groups in total. The van der Waals surface area contributed by atoms with E-state index in [4.69, 9.17) is 14.9 Å². The van der Waals surface area contributed by atoms with Crippen molar-refractivity contribution in [3.05, 3.63) is 17.3 Å². The second-order valence-electron chi connectivity index (χ2n) is 4.53. The molecule has 6 nitrogen and oxygen atoms in total. The maximum Gasteiger partial charge on any atom is 0.249 e. The number of nitrogens with two attached hydrogens (primary N) is 1. The molecule has 100 valence electrons. The van der Waals surface area contributed by atoms with E-state index in [-0.39, 0.29) is 12.0 Å². The van der Waals surface area contributed by atoms with Gasteiger partial charge in [-0.05, 0) is 26.7 Å². The monoisotopic (exact) mass is 253 g/mol.